The van der Waals surface area contributed by atoms with Gasteiger partial charge in [-0.3, -0.25) is 9.69 Å². The van der Waals surface area contributed by atoms with Crippen molar-refractivity contribution in [2.45, 2.75) is 76.7 Å². The molecule has 1 aliphatic heterocycles. The first-order chi connectivity index (χ1) is 14.6. The zero-order valence-corrected chi connectivity index (χ0v) is 18.7. The van der Waals surface area contributed by atoms with Crippen LogP contribution in [-0.2, 0) is 14.3 Å². The van der Waals surface area contributed by atoms with Gasteiger partial charge in [-0.2, -0.15) is 0 Å². The Bertz CT molecular complexity index is 806. The first-order valence-electron chi connectivity index (χ1n) is 10.9. The van der Waals surface area contributed by atoms with E-state index in [1.807, 2.05) is 0 Å². The molecule has 2 fully saturated rings. The molecule has 2 amide bonds. The third-order valence-corrected chi connectivity index (χ3v) is 5.71. The first-order valence-corrected chi connectivity index (χ1v) is 10.9. The highest BCUT2D eigenvalue weighted by atomic mass is 19.1. The molecule has 0 bridgehead atoms. The van der Waals surface area contributed by atoms with Crippen molar-refractivity contribution in [1.82, 2.24) is 4.90 Å². The number of carbonyl (C=O) groups excluding carboxylic acids is 2. The van der Waals surface area contributed by atoms with Gasteiger partial charge in [0.1, 0.15) is 17.5 Å². The van der Waals surface area contributed by atoms with Crippen molar-refractivity contribution >= 4 is 17.7 Å². The van der Waals surface area contributed by atoms with Gasteiger partial charge in [0.2, 0.25) is 5.91 Å². The molecule has 0 aromatic heterocycles. The number of amides is 2. The van der Waals surface area contributed by atoms with Gasteiger partial charge in [0.25, 0.3) is 0 Å². The second kappa shape index (κ2) is 9.53. The number of methoxy groups -OCH3 is 1. The summed E-state index contributed by atoms with van der Waals surface area (Å²) in [6.07, 6.45) is 2.59. The molecule has 1 aromatic carbocycles. The molecule has 2 N–H and O–H groups in total. The molecule has 1 heterocycles. The molecule has 8 heteroatoms. The van der Waals surface area contributed by atoms with E-state index in [-0.39, 0.29) is 24.8 Å². The second-order valence-electron chi connectivity index (χ2n) is 9.51. The van der Waals surface area contributed by atoms with Crippen LogP contribution in [0.15, 0.2) is 18.2 Å². The molecule has 1 aliphatic carbocycles. The van der Waals surface area contributed by atoms with E-state index < -0.39 is 35.6 Å². The molecule has 1 aromatic rings. The van der Waals surface area contributed by atoms with Gasteiger partial charge in [-0.05, 0) is 57.2 Å². The molecular formula is C23H33FN2O5. The third-order valence-electron chi connectivity index (χ3n) is 5.71. The lowest BCUT2D eigenvalue weighted by atomic mass is 10.0. The Labute approximate surface area is 182 Å². The predicted molar refractivity (Wildman–Crippen MR) is 114 cm³/mol. The molecule has 172 valence electrons. The van der Waals surface area contributed by atoms with Crippen LogP contribution in [0.5, 0.6) is 0 Å². The fourth-order valence-corrected chi connectivity index (χ4v) is 3.77. The normalized spacial score (nSPS) is 22.3. The number of nitrogens with zero attached hydrogens (tertiary/aromatic N) is 1. The maximum atomic E-state index is 14.4. The van der Waals surface area contributed by atoms with Gasteiger partial charge in [0, 0.05) is 13.5 Å². The van der Waals surface area contributed by atoms with Crippen molar-refractivity contribution in [3.8, 4) is 0 Å². The van der Waals surface area contributed by atoms with Gasteiger partial charge in [-0.15, -0.1) is 0 Å². The summed E-state index contributed by atoms with van der Waals surface area (Å²) in [7, 11) is 1.52. The van der Waals surface area contributed by atoms with Crippen LogP contribution in [0.4, 0.5) is 14.9 Å². The Morgan fingerprint density at radius 2 is 2.03 bits per heavy atom. The molecule has 7 nitrogen and oxygen atoms in total. The number of benzene rings is 1. The molecule has 3 rings (SSSR count). The van der Waals surface area contributed by atoms with E-state index in [4.69, 9.17) is 9.47 Å². The summed E-state index contributed by atoms with van der Waals surface area (Å²) in [6, 6.07) is 3.39. The number of likely N-dealkylation sites (tertiary alicyclic amines) is 1. The Hall–Kier alpha value is -2.19. The number of rotatable bonds is 7. The molecule has 1 saturated heterocycles. The van der Waals surface area contributed by atoms with E-state index in [1.165, 1.54) is 43.1 Å². The Morgan fingerprint density at radius 1 is 1.32 bits per heavy atom. The summed E-state index contributed by atoms with van der Waals surface area (Å²) in [6.45, 7) is 5.46. The van der Waals surface area contributed by atoms with Crippen molar-refractivity contribution in [3.63, 3.8) is 0 Å². The quantitative estimate of drug-likeness (QED) is 0.674. The minimum absolute atomic E-state index is 0.0158. The standard InChI is InChI=1S/C23H33FN2O5/c1-23(2,3)31-22(29)26-13-16(30-4)12-19(26)21(28)25-18-11-15(8-9-17(18)24)20(27)10-7-14-5-6-14/h8-9,11,14,16,19-20,27H,5-7,10,12-13H2,1-4H3,(H,25,28)/t16-,19-,20?/m1/s1. The monoisotopic (exact) mass is 436 g/mol. The zero-order chi connectivity index (χ0) is 22.8. The summed E-state index contributed by atoms with van der Waals surface area (Å²) >= 11 is 0. The lowest BCUT2D eigenvalue weighted by molar-refractivity contribution is -0.120. The van der Waals surface area contributed by atoms with Crippen LogP contribution in [0.25, 0.3) is 0 Å². The minimum atomic E-state index is -0.845. The number of halogens is 1. The molecule has 0 spiro atoms. The highest BCUT2D eigenvalue weighted by molar-refractivity contribution is 5.97. The first kappa shape index (κ1) is 23.5. The molecule has 3 atom stereocenters. The van der Waals surface area contributed by atoms with Gasteiger partial charge in [-0.1, -0.05) is 18.9 Å². The van der Waals surface area contributed by atoms with Crippen molar-refractivity contribution < 1.29 is 28.6 Å². The molecule has 1 saturated carbocycles. The van der Waals surface area contributed by atoms with Crippen LogP contribution < -0.4 is 5.32 Å². The number of hydrogen-bond acceptors (Lipinski definition) is 5. The number of hydrogen-bond donors (Lipinski definition) is 2. The molecular weight excluding hydrogens is 403 g/mol. The van der Waals surface area contributed by atoms with Gasteiger partial charge < -0.3 is 19.9 Å². The number of ether oxygens (including phenoxy) is 2. The van der Waals surface area contributed by atoms with Crippen LogP contribution in [0.3, 0.4) is 0 Å². The van der Waals surface area contributed by atoms with Gasteiger partial charge in [0.15, 0.2) is 0 Å². The molecule has 2 aliphatic rings. The fraction of sp³-hybridized carbons (Fsp3) is 0.652. The highest BCUT2D eigenvalue weighted by Crippen LogP contribution is 2.36. The lowest BCUT2D eigenvalue weighted by Gasteiger charge is -2.28. The van der Waals surface area contributed by atoms with Gasteiger partial charge >= 0.3 is 6.09 Å². The molecule has 1 unspecified atom stereocenters. The van der Waals surface area contributed by atoms with E-state index in [2.05, 4.69) is 5.32 Å². The zero-order valence-electron chi connectivity index (χ0n) is 18.7. The third kappa shape index (κ3) is 6.40. The smallest absolute Gasteiger partial charge is 0.411 e. The van der Waals surface area contributed by atoms with E-state index in [0.717, 1.165) is 6.42 Å². The number of nitrogens with one attached hydrogen (secondary N) is 1. The topological polar surface area (TPSA) is 88.1 Å². The van der Waals surface area contributed by atoms with Crippen molar-refractivity contribution in [2.75, 3.05) is 19.0 Å². The van der Waals surface area contributed by atoms with Crippen LogP contribution in [0, 0.1) is 11.7 Å². The van der Waals surface area contributed by atoms with E-state index in [0.29, 0.717) is 17.9 Å². The second-order valence-corrected chi connectivity index (χ2v) is 9.51. The Kier molecular flexibility index (Phi) is 7.21. The van der Waals surface area contributed by atoms with Crippen molar-refractivity contribution in [2.24, 2.45) is 5.92 Å². The summed E-state index contributed by atoms with van der Waals surface area (Å²) in [5, 5.41) is 13.0. The SMILES string of the molecule is CO[C@@H]1C[C@H](C(=O)Nc2cc(C(O)CCC3CC3)ccc2F)N(C(=O)OC(C)(C)C)C1. The number of carbonyl (C=O) groups is 2. The largest absolute Gasteiger partial charge is 0.444 e. The summed E-state index contributed by atoms with van der Waals surface area (Å²) in [4.78, 5) is 26.9. The Morgan fingerprint density at radius 3 is 2.65 bits per heavy atom. The van der Waals surface area contributed by atoms with E-state index >= 15 is 0 Å². The van der Waals surface area contributed by atoms with Crippen molar-refractivity contribution in [1.29, 1.82) is 0 Å². The molecule has 31 heavy (non-hydrogen) atoms. The maximum Gasteiger partial charge on any atom is 0.411 e. The lowest BCUT2D eigenvalue weighted by Crippen LogP contribution is -2.45. The number of aliphatic hydroxyl groups excluding tert-OH is 1. The van der Waals surface area contributed by atoms with E-state index in [9.17, 15) is 19.1 Å². The average molecular weight is 437 g/mol. The summed E-state index contributed by atoms with van der Waals surface area (Å²) in [5.41, 5.74) is -0.166. The van der Waals surface area contributed by atoms with E-state index in [1.54, 1.807) is 20.8 Å². The van der Waals surface area contributed by atoms with Crippen LogP contribution in [0.1, 0.15) is 64.5 Å². The highest BCUT2D eigenvalue weighted by Gasteiger charge is 2.42. The average Bonchev–Trinajstić information content (AvgIpc) is 3.42. The van der Waals surface area contributed by atoms with Crippen LogP contribution in [0.2, 0.25) is 0 Å². The molecule has 0 radical (unpaired) electrons. The number of aliphatic hydroxyl groups is 1. The maximum absolute atomic E-state index is 14.4. The van der Waals surface area contributed by atoms with Gasteiger partial charge in [0.05, 0.1) is 24.4 Å². The van der Waals surface area contributed by atoms with Crippen LogP contribution >= 0.6 is 0 Å². The van der Waals surface area contributed by atoms with Gasteiger partial charge in [-0.25, -0.2) is 9.18 Å². The summed E-state index contributed by atoms with van der Waals surface area (Å²) < 4.78 is 25.2. The Balaban J connectivity index is 1.70. The summed E-state index contributed by atoms with van der Waals surface area (Å²) in [5.74, 6) is -0.435. The fourth-order valence-electron chi connectivity index (χ4n) is 3.77. The van der Waals surface area contributed by atoms with Crippen molar-refractivity contribution in [3.05, 3.63) is 29.6 Å². The predicted octanol–water partition coefficient (Wildman–Crippen LogP) is 4.01. The minimum Gasteiger partial charge on any atom is -0.444 e. The van der Waals surface area contributed by atoms with Crippen LogP contribution in [-0.4, -0.2) is 53.4 Å². The number of anilines is 1.